The minimum atomic E-state index is -0.357. The Morgan fingerprint density at radius 2 is 0.934 bits per heavy atom. The molecule has 61 heavy (non-hydrogen) atoms. The molecule has 0 N–H and O–H groups in total. The lowest BCUT2D eigenvalue weighted by atomic mass is 9.92. The largest absolute Gasteiger partial charge is 0.465 e. The molecule has 10 nitrogen and oxygen atoms in total. The van der Waals surface area contributed by atoms with Crippen LogP contribution in [0.1, 0.15) is 195 Å². The van der Waals surface area contributed by atoms with Crippen LogP contribution in [0.4, 0.5) is 0 Å². The zero-order valence-electron chi connectivity index (χ0n) is 39.5. The molecule has 0 saturated carbocycles. The van der Waals surface area contributed by atoms with Crippen LogP contribution in [0.2, 0.25) is 0 Å². The van der Waals surface area contributed by atoms with E-state index in [4.69, 9.17) is 23.7 Å². The summed E-state index contributed by atoms with van der Waals surface area (Å²) in [6.07, 6.45) is 27.6. The Kier molecular flexibility index (Phi) is 40.0. The van der Waals surface area contributed by atoms with E-state index in [0.29, 0.717) is 75.5 Å². The van der Waals surface area contributed by atoms with Gasteiger partial charge in [-0.25, -0.2) is 0 Å². The van der Waals surface area contributed by atoms with Crippen molar-refractivity contribution in [2.24, 2.45) is 11.8 Å². The topological polar surface area (TPSA) is 118 Å². The maximum atomic E-state index is 12.8. The van der Waals surface area contributed by atoms with Crippen LogP contribution in [0.3, 0.4) is 0 Å². The quantitative estimate of drug-likeness (QED) is 0.0329. The van der Waals surface area contributed by atoms with Crippen LogP contribution < -0.4 is 0 Å². The number of thioether (sulfide) groups is 2. The fraction of sp³-hybridized carbons (Fsp3) is 0.918. The number of rotatable bonds is 44. The molecule has 0 radical (unpaired) electrons. The molecular weight excluding hydrogens is 811 g/mol. The van der Waals surface area contributed by atoms with Crippen molar-refractivity contribution in [1.82, 2.24) is 4.90 Å². The van der Waals surface area contributed by atoms with Gasteiger partial charge in [-0.15, -0.1) is 23.5 Å². The van der Waals surface area contributed by atoms with Crippen LogP contribution in [0.15, 0.2) is 0 Å². The molecule has 1 fully saturated rings. The molecule has 1 heterocycles. The summed E-state index contributed by atoms with van der Waals surface area (Å²) in [4.78, 5) is 52.2. The number of esters is 4. The van der Waals surface area contributed by atoms with E-state index in [-0.39, 0.29) is 48.1 Å². The Morgan fingerprint density at radius 1 is 0.475 bits per heavy atom. The molecule has 12 heteroatoms. The summed E-state index contributed by atoms with van der Waals surface area (Å²) in [5.41, 5.74) is 0. The third-order valence-corrected chi connectivity index (χ3v) is 13.3. The summed E-state index contributed by atoms with van der Waals surface area (Å²) in [5.74, 6) is 1.57. The number of nitrogens with zero attached hydrogens (tertiary/aromatic N) is 1. The highest BCUT2D eigenvalue weighted by Crippen LogP contribution is 2.23. The Bertz CT molecular complexity index is 1040. The van der Waals surface area contributed by atoms with E-state index in [1.54, 1.807) is 0 Å². The Labute approximate surface area is 381 Å². The van der Waals surface area contributed by atoms with Gasteiger partial charge in [-0.2, -0.15) is 0 Å². The molecule has 1 aliphatic rings. The Morgan fingerprint density at radius 3 is 1.43 bits per heavy atom. The molecule has 1 aliphatic heterocycles. The number of hydrogen-bond donors (Lipinski definition) is 0. The predicted molar refractivity (Wildman–Crippen MR) is 254 cm³/mol. The van der Waals surface area contributed by atoms with Crippen LogP contribution in [0.5, 0.6) is 0 Å². The van der Waals surface area contributed by atoms with E-state index in [0.717, 1.165) is 45.3 Å². The molecular formula is C49H91NO9S2. The lowest BCUT2D eigenvalue weighted by Crippen LogP contribution is -2.23. The normalized spacial score (nSPS) is 13.5. The van der Waals surface area contributed by atoms with E-state index in [2.05, 4.69) is 32.6 Å². The van der Waals surface area contributed by atoms with Crippen molar-refractivity contribution in [2.45, 2.75) is 201 Å². The van der Waals surface area contributed by atoms with E-state index in [1.807, 2.05) is 0 Å². The van der Waals surface area contributed by atoms with Crippen molar-refractivity contribution in [1.29, 1.82) is 0 Å². The highest BCUT2D eigenvalue weighted by Gasteiger charge is 2.18. The van der Waals surface area contributed by atoms with Crippen LogP contribution in [-0.2, 0) is 42.9 Å². The second kappa shape index (κ2) is 42.5. The summed E-state index contributed by atoms with van der Waals surface area (Å²) < 4.78 is 28.3. The van der Waals surface area contributed by atoms with Gasteiger partial charge in [0, 0.05) is 18.8 Å². The first-order chi connectivity index (χ1) is 29.8. The molecule has 0 amide bonds. The van der Waals surface area contributed by atoms with E-state index in [1.165, 1.54) is 139 Å². The van der Waals surface area contributed by atoms with Crippen molar-refractivity contribution in [3.8, 4) is 0 Å². The van der Waals surface area contributed by atoms with Gasteiger partial charge in [-0.3, -0.25) is 19.2 Å². The van der Waals surface area contributed by atoms with Gasteiger partial charge in [-0.05, 0) is 89.3 Å². The summed E-state index contributed by atoms with van der Waals surface area (Å²) in [7, 11) is 0. The number of unbranched alkanes of at least 4 members (excludes halogenated alkanes) is 8. The molecule has 1 saturated heterocycles. The first-order valence-electron chi connectivity index (χ1n) is 24.9. The SMILES string of the molecule is CCCCCC(CCCCC)CCOC(=O)CSCCOCCCC(CCCOC(=O)CSCC(=O)OCCC(CCCCC)CCCCC)OC(=O)CCCN1CCCC1. The highest BCUT2D eigenvalue weighted by molar-refractivity contribution is 8.00. The first kappa shape index (κ1) is 57.5. The number of likely N-dealkylation sites (tertiary alicyclic amines) is 1. The molecule has 358 valence electrons. The average Bonchev–Trinajstić information content (AvgIpc) is 3.77. The maximum Gasteiger partial charge on any atom is 0.315 e. The molecule has 1 rings (SSSR count). The Balaban J connectivity index is 2.32. The lowest BCUT2D eigenvalue weighted by molar-refractivity contribution is -0.151. The van der Waals surface area contributed by atoms with Gasteiger partial charge < -0.3 is 28.6 Å². The number of hydrogen-bond acceptors (Lipinski definition) is 12. The van der Waals surface area contributed by atoms with Crippen molar-refractivity contribution < 1.29 is 42.9 Å². The van der Waals surface area contributed by atoms with Gasteiger partial charge in [-0.1, -0.05) is 130 Å². The fourth-order valence-electron chi connectivity index (χ4n) is 7.87. The second-order valence-corrected chi connectivity index (χ2v) is 19.3. The molecule has 0 aromatic carbocycles. The third kappa shape index (κ3) is 36.5. The van der Waals surface area contributed by atoms with E-state index < -0.39 is 0 Å². The number of carbonyl (C=O) groups excluding carboxylic acids is 4. The maximum absolute atomic E-state index is 12.8. The van der Waals surface area contributed by atoms with E-state index in [9.17, 15) is 19.2 Å². The van der Waals surface area contributed by atoms with Gasteiger partial charge >= 0.3 is 23.9 Å². The monoisotopic (exact) mass is 902 g/mol. The molecule has 0 bridgehead atoms. The number of carbonyl (C=O) groups is 4. The van der Waals surface area contributed by atoms with Gasteiger partial charge in [0.05, 0.1) is 43.7 Å². The lowest BCUT2D eigenvalue weighted by Gasteiger charge is -2.19. The minimum Gasteiger partial charge on any atom is -0.465 e. The fourth-order valence-corrected chi connectivity index (χ4v) is 9.10. The van der Waals surface area contributed by atoms with Crippen molar-refractivity contribution >= 4 is 47.4 Å². The van der Waals surface area contributed by atoms with Crippen molar-refractivity contribution in [3.63, 3.8) is 0 Å². The molecule has 1 atom stereocenters. The summed E-state index contributed by atoms with van der Waals surface area (Å²) in [6, 6.07) is 0. The predicted octanol–water partition coefficient (Wildman–Crippen LogP) is 11.8. The summed E-state index contributed by atoms with van der Waals surface area (Å²) in [6.45, 7) is 14.3. The average molecular weight is 902 g/mol. The minimum absolute atomic E-state index is 0.0941. The Hall–Kier alpha value is -1.50. The van der Waals surface area contributed by atoms with E-state index >= 15 is 0 Å². The van der Waals surface area contributed by atoms with Crippen molar-refractivity contribution in [2.75, 3.05) is 75.7 Å². The second-order valence-electron chi connectivity index (χ2n) is 17.2. The van der Waals surface area contributed by atoms with Crippen LogP contribution in [0.25, 0.3) is 0 Å². The molecule has 0 aromatic heterocycles. The molecule has 0 aliphatic carbocycles. The van der Waals surface area contributed by atoms with Crippen molar-refractivity contribution in [3.05, 3.63) is 0 Å². The number of ether oxygens (including phenoxy) is 5. The zero-order valence-corrected chi connectivity index (χ0v) is 41.2. The van der Waals surface area contributed by atoms with Crippen LogP contribution in [-0.4, -0.2) is 111 Å². The van der Waals surface area contributed by atoms with Gasteiger partial charge in [0.25, 0.3) is 0 Å². The van der Waals surface area contributed by atoms with Gasteiger partial charge in [0.1, 0.15) is 6.10 Å². The summed E-state index contributed by atoms with van der Waals surface area (Å²) in [5, 5.41) is 0. The molecule has 1 unspecified atom stereocenters. The highest BCUT2D eigenvalue weighted by atomic mass is 32.2. The smallest absolute Gasteiger partial charge is 0.315 e. The summed E-state index contributed by atoms with van der Waals surface area (Å²) >= 11 is 2.76. The van der Waals surface area contributed by atoms with Crippen LogP contribution >= 0.6 is 23.5 Å². The van der Waals surface area contributed by atoms with Gasteiger partial charge in [0.15, 0.2) is 0 Å². The third-order valence-electron chi connectivity index (χ3n) is 11.6. The van der Waals surface area contributed by atoms with Gasteiger partial charge in [0.2, 0.25) is 0 Å². The molecule has 0 aromatic rings. The van der Waals surface area contributed by atoms with Crippen LogP contribution in [0, 0.1) is 11.8 Å². The standard InChI is InChI=1S/C49H91NO9S2/c1-5-9-13-22-43(23-14-10-6-2)29-36-57-47(52)40-60-39-38-55-34-20-26-45(59-46(51)28-19-33-50-31-17-18-32-50)27-21-35-56-48(53)41-61-42-49(54)58-37-30-44(24-15-11-7-3)25-16-12-8-4/h43-45H,5-42H2,1-4H3. The zero-order chi connectivity index (χ0) is 44.4. The molecule has 0 spiro atoms. The first-order valence-corrected chi connectivity index (χ1v) is 27.2.